The molecule has 0 radical (unpaired) electrons. The van der Waals surface area contributed by atoms with E-state index in [9.17, 15) is 19.8 Å². The lowest BCUT2D eigenvalue weighted by Crippen LogP contribution is -2.65. The van der Waals surface area contributed by atoms with Crippen LogP contribution in [0, 0.1) is 39.4 Å². The second-order valence-corrected chi connectivity index (χ2v) is 14.3. The van der Waals surface area contributed by atoms with E-state index in [1.807, 2.05) is 19.9 Å². The van der Waals surface area contributed by atoms with E-state index in [4.69, 9.17) is 9.47 Å². The van der Waals surface area contributed by atoms with Crippen molar-refractivity contribution in [2.45, 2.75) is 124 Å². The van der Waals surface area contributed by atoms with Gasteiger partial charge < -0.3 is 19.7 Å². The van der Waals surface area contributed by atoms with Gasteiger partial charge in [0.15, 0.2) is 0 Å². The fourth-order valence-electron chi connectivity index (χ4n) is 10.2. The number of esters is 2. The number of allylic oxidation sites excluding steroid dienone is 1. The highest BCUT2D eigenvalue weighted by Gasteiger charge is 2.70. The second-order valence-electron chi connectivity index (χ2n) is 14.3. The van der Waals surface area contributed by atoms with Gasteiger partial charge in [-0.2, -0.15) is 0 Å². The summed E-state index contributed by atoms with van der Waals surface area (Å²) in [5.41, 5.74) is 0.424. The predicted molar refractivity (Wildman–Crippen MR) is 145 cm³/mol. The zero-order valence-corrected chi connectivity index (χ0v) is 24.4. The Balaban J connectivity index is 1.62. The zero-order chi connectivity index (χ0) is 27.9. The Morgan fingerprint density at radius 2 is 1.82 bits per heavy atom. The minimum atomic E-state index is -1.70. The second kappa shape index (κ2) is 8.92. The van der Waals surface area contributed by atoms with E-state index >= 15 is 0 Å². The molecule has 2 N–H and O–H groups in total. The van der Waals surface area contributed by atoms with Crippen LogP contribution < -0.4 is 0 Å². The molecule has 0 aromatic carbocycles. The zero-order valence-electron chi connectivity index (χ0n) is 24.4. The number of aliphatic hydroxyl groups excluding tert-OH is 1. The van der Waals surface area contributed by atoms with Crippen molar-refractivity contribution < 1.29 is 29.3 Å². The van der Waals surface area contributed by atoms with Crippen LogP contribution in [0.4, 0.5) is 0 Å². The summed E-state index contributed by atoms with van der Waals surface area (Å²) in [6.45, 7) is 15.1. The van der Waals surface area contributed by atoms with Gasteiger partial charge in [-0.15, -0.1) is 0 Å². The van der Waals surface area contributed by atoms with E-state index in [-0.39, 0.29) is 23.2 Å². The first kappa shape index (κ1) is 27.9. The summed E-state index contributed by atoms with van der Waals surface area (Å²) in [4.78, 5) is 26.5. The molecule has 0 aromatic rings. The molecule has 0 amide bonds. The number of ether oxygens (including phenoxy) is 2. The summed E-state index contributed by atoms with van der Waals surface area (Å²) >= 11 is 0. The van der Waals surface area contributed by atoms with Crippen LogP contribution in [0.1, 0.15) is 106 Å². The van der Waals surface area contributed by atoms with Gasteiger partial charge >= 0.3 is 11.9 Å². The minimum Gasteiger partial charge on any atom is -0.461 e. The van der Waals surface area contributed by atoms with Gasteiger partial charge in [0.2, 0.25) is 5.79 Å². The third-order valence-corrected chi connectivity index (χ3v) is 12.4. The van der Waals surface area contributed by atoms with Crippen molar-refractivity contribution in [3.05, 3.63) is 23.3 Å². The number of carbonyl (C=O) groups is 2. The van der Waals surface area contributed by atoms with Crippen LogP contribution in [0.5, 0.6) is 0 Å². The molecule has 5 rings (SSSR count). The van der Waals surface area contributed by atoms with Crippen LogP contribution in [0.25, 0.3) is 0 Å². The molecule has 0 aromatic heterocycles. The third kappa shape index (κ3) is 3.72. The molecule has 4 aliphatic carbocycles. The number of aliphatic hydroxyl groups is 2. The van der Waals surface area contributed by atoms with Gasteiger partial charge in [0, 0.05) is 17.9 Å². The molecular weight excluding hydrogens is 480 g/mol. The van der Waals surface area contributed by atoms with Crippen molar-refractivity contribution in [3.8, 4) is 0 Å². The number of cyclic esters (lactones) is 1. The van der Waals surface area contributed by atoms with Crippen LogP contribution in [0.3, 0.4) is 0 Å². The van der Waals surface area contributed by atoms with Crippen molar-refractivity contribution >= 4 is 11.9 Å². The van der Waals surface area contributed by atoms with Gasteiger partial charge in [0.1, 0.15) is 6.10 Å². The van der Waals surface area contributed by atoms with Crippen LogP contribution in [0.15, 0.2) is 23.3 Å². The van der Waals surface area contributed by atoms with E-state index in [0.29, 0.717) is 41.2 Å². The lowest BCUT2D eigenvalue weighted by molar-refractivity contribution is -0.218. The summed E-state index contributed by atoms with van der Waals surface area (Å²) in [6, 6.07) is 0. The monoisotopic (exact) mass is 528 g/mol. The lowest BCUT2D eigenvalue weighted by atomic mass is 9.35. The molecule has 0 spiro atoms. The molecule has 0 saturated heterocycles. The van der Waals surface area contributed by atoms with Gasteiger partial charge in [-0.1, -0.05) is 66.5 Å². The summed E-state index contributed by atoms with van der Waals surface area (Å²) < 4.78 is 11.8. The van der Waals surface area contributed by atoms with Crippen LogP contribution in [0.2, 0.25) is 0 Å². The topological polar surface area (TPSA) is 93.1 Å². The highest BCUT2D eigenvalue weighted by molar-refractivity contribution is 5.96. The van der Waals surface area contributed by atoms with Crippen molar-refractivity contribution in [3.63, 3.8) is 0 Å². The average Bonchev–Trinajstić information content (AvgIpc) is 3.08. The summed E-state index contributed by atoms with van der Waals surface area (Å²) in [6.07, 6.45) is 10.9. The van der Waals surface area contributed by atoms with Crippen LogP contribution in [-0.2, 0) is 19.1 Å². The minimum absolute atomic E-state index is 0.0459. The largest absolute Gasteiger partial charge is 0.461 e. The predicted octanol–water partition coefficient (Wildman–Crippen LogP) is 5.86. The van der Waals surface area contributed by atoms with Crippen LogP contribution >= 0.6 is 0 Å². The fraction of sp³-hybridized carbons (Fsp3) is 0.812. The first-order valence-electron chi connectivity index (χ1n) is 14.9. The van der Waals surface area contributed by atoms with Gasteiger partial charge in [-0.3, -0.25) is 4.79 Å². The molecule has 0 bridgehead atoms. The standard InChI is InChI=1S/C32H48O6/c1-8-19(33)17-25(34)37-24-18-23-29(4)15-10-14-28(3,9-2)21(29)13-16-30(23,5)22-12-11-20-26(31(22,24)6)27(35)38-32(20,7)36/h11-12,19,21-24,33,36H,8-10,13-18H2,1-7H3/t19-,21-,22-,23+,24-,28-,29-,30-,31+,32-/m0/s1. The Hall–Kier alpha value is -1.66. The number of hydrogen-bond donors (Lipinski definition) is 2. The smallest absolute Gasteiger partial charge is 0.338 e. The number of rotatable bonds is 5. The highest BCUT2D eigenvalue weighted by Crippen LogP contribution is 2.73. The van der Waals surface area contributed by atoms with Gasteiger partial charge in [0.05, 0.1) is 18.1 Å². The summed E-state index contributed by atoms with van der Waals surface area (Å²) in [7, 11) is 0. The molecule has 3 saturated carbocycles. The van der Waals surface area contributed by atoms with Crippen molar-refractivity contribution in [2.24, 2.45) is 39.4 Å². The molecular formula is C32H48O6. The molecule has 10 atom stereocenters. The van der Waals surface area contributed by atoms with Gasteiger partial charge in [-0.05, 0) is 72.5 Å². The Bertz CT molecular complexity index is 1070. The maximum Gasteiger partial charge on any atom is 0.338 e. The maximum atomic E-state index is 13.4. The first-order chi connectivity index (χ1) is 17.7. The molecule has 1 heterocycles. The van der Waals surface area contributed by atoms with Crippen LogP contribution in [-0.4, -0.2) is 40.1 Å². The van der Waals surface area contributed by atoms with Crippen molar-refractivity contribution in [1.82, 2.24) is 0 Å². The Kier molecular flexibility index (Phi) is 6.55. The average molecular weight is 529 g/mol. The van der Waals surface area contributed by atoms with Crippen molar-refractivity contribution in [2.75, 3.05) is 0 Å². The van der Waals surface area contributed by atoms with E-state index in [1.54, 1.807) is 0 Å². The summed E-state index contributed by atoms with van der Waals surface area (Å²) in [5.74, 6) is -1.77. The molecule has 6 heteroatoms. The van der Waals surface area contributed by atoms with E-state index in [0.717, 1.165) is 12.8 Å². The molecule has 3 fully saturated rings. The molecule has 5 aliphatic rings. The Morgan fingerprint density at radius 1 is 1.11 bits per heavy atom. The number of fused-ring (bicyclic) bond motifs is 6. The van der Waals surface area contributed by atoms with Gasteiger partial charge in [0.25, 0.3) is 0 Å². The van der Waals surface area contributed by atoms with Gasteiger partial charge in [-0.25, -0.2) is 4.79 Å². The number of carbonyl (C=O) groups excluding carboxylic acids is 2. The number of hydrogen-bond acceptors (Lipinski definition) is 6. The SMILES string of the molecule is CC[C@H](O)CC(=O)O[C@H]1C[C@@H]2[C@@]3(C)CCC[C@](C)(CC)[C@@H]3CC[C@@]2(C)[C@@H]2C=CC3=C(C(=O)O[C@]3(C)O)[C@@]12C. The van der Waals surface area contributed by atoms with Crippen molar-refractivity contribution in [1.29, 1.82) is 0 Å². The lowest BCUT2D eigenvalue weighted by Gasteiger charge is -2.69. The normalized spacial score (nSPS) is 48.4. The maximum absolute atomic E-state index is 13.4. The summed E-state index contributed by atoms with van der Waals surface area (Å²) in [5, 5.41) is 21.2. The Morgan fingerprint density at radius 3 is 2.47 bits per heavy atom. The first-order valence-corrected chi connectivity index (χ1v) is 14.9. The fourth-order valence-corrected chi connectivity index (χ4v) is 10.2. The molecule has 1 aliphatic heterocycles. The molecule has 0 unspecified atom stereocenters. The van der Waals surface area contributed by atoms with E-state index in [1.165, 1.54) is 32.6 Å². The third-order valence-electron chi connectivity index (χ3n) is 12.4. The Labute approximate surface area is 228 Å². The highest BCUT2D eigenvalue weighted by atomic mass is 16.7. The molecule has 212 valence electrons. The molecule has 38 heavy (non-hydrogen) atoms. The quantitative estimate of drug-likeness (QED) is 0.435. The molecule has 6 nitrogen and oxygen atoms in total. The van der Waals surface area contributed by atoms with E-state index < -0.39 is 35.3 Å². The van der Waals surface area contributed by atoms with E-state index in [2.05, 4.69) is 33.8 Å².